The van der Waals surface area contributed by atoms with E-state index in [1.165, 1.54) is 19.3 Å². The molecule has 1 aliphatic heterocycles. The summed E-state index contributed by atoms with van der Waals surface area (Å²) in [5.74, 6) is 1.83. The van der Waals surface area contributed by atoms with Crippen LogP contribution in [0.1, 0.15) is 39.5 Å². The zero-order valence-electron chi connectivity index (χ0n) is 9.78. The summed E-state index contributed by atoms with van der Waals surface area (Å²) in [7, 11) is 0. The smallest absolute Gasteiger partial charge is 0.224 e. The van der Waals surface area contributed by atoms with Crippen LogP contribution in [0.15, 0.2) is 0 Å². The van der Waals surface area contributed by atoms with Crippen molar-refractivity contribution < 1.29 is 4.79 Å². The lowest BCUT2D eigenvalue weighted by Crippen LogP contribution is -2.42. The Balaban J connectivity index is 1.97. The second kappa shape index (κ2) is 4.12. The van der Waals surface area contributed by atoms with Crippen molar-refractivity contribution in [2.75, 3.05) is 6.54 Å². The van der Waals surface area contributed by atoms with E-state index in [0.717, 1.165) is 18.4 Å². The second-order valence-electron chi connectivity index (χ2n) is 5.43. The Hall–Kier alpha value is -0.570. The van der Waals surface area contributed by atoms with Crippen LogP contribution in [0.5, 0.6) is 0 Å². The molecule has 2 rings (SSSR count). The van der Waals surface area contributed by atoms with Crippen molar-refractivity contribution in [3.63, 3.8) is 0 Å². The zero-order valence-corrected chi connectivity index (χ0v) is 9.78. The molecule has 0 aromatic carbocycles. The Kier molecular flexibility index (Phi) is 3.01. The maximum absolute atomic E-state index is 11.7. The maximum atomic E-state index is 11.7. The molecule has 3 nitrogen and oxygen atoms in total. The molecule has 86 valence electrons. The number of hydrogen-bond donors (Lipinski definition) is 1. The number of rotatable bonds is 1. The van der Waals surface area contributed by atoms with E-state index in [2.05, 4.69) is 13.8 Å². The lowest BCUT2D eigenvalue weighted by atomic mass is 9.78. The van der Waals surface area contributed by atoms with E-state index in [1.54, 1.807) is 0 Å². The molecule has 3 heteroatoms. The van der Waals surface area contributed by atoms with Gasteiger partial charge in [-0.2, -0.15) is 0 Å². The van der Waals surface area contributed by atoms with Gasteiger partial charge in [-0.25, -0.2) is 0 Å². The number of amides is 1. The molecule has 4 unspecified atom stereocenters. The van der Waals surface area contributed by atoms with E-state index in [4.69, 9.17) is 5.73 Å². The van der Waals surface area contributed by atoms with Crippen LogP contribution >= 0.6 is 0 Å². The van der Waals surface area contributed by atoms with Crippen LogP contribution < -0.4 is 5.73 Å². The third kappa shape index (κ3) is 2.17. The standard InChI is InChI=1S/C12H22N2O/c1-8-3-4-11(5-9(8)2)14-7-10(13)6-12(14)15/h8-11H,3-7,13H2,1-2H3. The van der Waals surface area contributed by atoms with Crippen molar-refractivity contribution >= 4 is 5.91 Å². The van der Waals surface area contributed by atoms with Crippen LogP contribution in [0.2, 0.25) is 0 Å². The minimum Gasteiger partial charge on any atom is -0.338 e. The van der Waals surface area contributed by atoms with Crippen molar-refractivity contribution in [2.45, 2.75) is 51.6 Å². The summed E-state index contributed by atoms with van der Waals surface area (Å²) in [4.78, 5) is 13.8. The summed E-state index contributed by atoms with van der Waals surface area (Å²) in [6.07, 6.45) is 4.15. The van der Waals surface area contributed by atoms with E-state index in [9.17, 15) is 4.79 Å². The van der Waals surface area contributed by atoms with Gasteiger partial charge in [0, 0.05) is 25.0 Å². The van der Waals surface area contributed by atoms with Gasteiger partial charge in [-0.1, -0.05) is 13.8 Å². The molecule has 15 heavy (non-hydrogen) atoms. The van der Waals surface area contributed by atoms with Crippen LogP contribution in [0.4, 0.5) is 0 Å². The van der Waals surface area contributed by atoms with E-state index in [0.29, 0.717) is 12.5 Å². The number of nitrogens with zero attached hydrogens (tertiary/aromatic N) is 1. The molecule has 0 aromatic rings. The Morgan fingerprint density at radius 1 is 1.27 bits per heavy atom. The van der Waals surface area contributed by atoms with E-state index >= 15 is 0 Å². The molecule has 1 saturated carbocycles. The lowest BCUT2D eigenvalue weighted by molar-refractivity contribution is -0.130. The highest BCUT2D eigenvalue weighted by Crippen LogP contribution is 2.33. The van der Waals surface area contributed by atoms with Crippen LogP contribution in [-0.4, -0.2) is 29.4 Å². The summed E-state index contributed by atoms with van der Waals surface area (Å²) < 4.78 is 0. The van der Waals surface area contributed by atoms with Crippen molar-refractivity contribution in [3.8, 4) is 0 Å². The Labute approximate surface area is 92.0 Å². The number of carbonyl (C=O) groups excluding carboxylic acids is 1. The lowest BCUT2D eigenvalue weighted by Gasteiger charge is -2.37. The van der Waals surface area contributed by atoms with Gasteiger partial charge in [0.05, 0.1) is 0 Å². The summed E-state index contributed by atoms with van der Waals surface area (Å²) in [5, 5.41) is 0. The Bertz CT molecular complexity index is 254. The van der Waals surface area contributed by atoms with Gasteiger partial charge in [-0.3, -0.25) is 4.79 Å². The number of likely N-dealkylation sites (tertiary alicyclic amines) is 1. The van der Waals surface area contributed by atoms with Gasteiger partial charge in [0.1, 0.15) is 0 Å². The average Bonchev–Trinajstić information content (AvgIpc) is 2.50. The molecule has 2 aliphatic rings. The molecule has 2 fully saturated rings. The normalized spacial score (nSPS) is 42.3. The Morgan fingerprint density at radius 2 is 2.00 bits per heavy atom. The van der Waals surface area contributed by atoms with E-state index < -0.39 is 0 Å². The predicted molar refractivity (Wildman–Crippen MR) is 60.3 cm³/mol. The average molecular weight is 210 g/mol. The first-order chi connectivity index (χ1) is 7.08. The molecule has 0 spiro atoms. The zero-order chi connectivity index (χ0) is 11.0. The van der Waals surface area contributed by atoms with Crippen LogP contribution in [0.25, 0.3) is 0 Å². The number of nitrogens with two attached hydrogens (primary N) is 1. The van der Waals surface area contributed by atoms with Crippen LogP contribution in [0.3, 0.4) is 0 Å². The number of carbonyl (C=O) groups is 1. The molecule has 1 saturated heterocycles. The highest BCUT2D eigenvalue weighted by Gasteiger charge is 2.35. The summed E-state index contributed by atoms with van der Waals surface area (Å²) in [6, 6.07) is 0.546. The fourth-order valence-corrected chi connectivity index (χ4v) is 2.92. The van der Waals surface area contributed by atoms with E-state index in [1.807, 2.05) is 4.90 Å². The first-order valence-corrected chi connectivity index (χ1v) is 6.13. The highest BCUT2D eigenvalue weighted by molar-refractivity contribution is 5.79. The first-order valence-electron chi connectivity index (χ1n) is 6.13. The molecule has 0 radical (unpaired) electrons. The third-order valence-electron chi connectivity index (χ3n) is 4.20. The molecule has 2 N–H and O–H groups in total. The van der Waals surface area contributed by atoms with Gasteiger partial charge in [-0.15, -0.1) is 0 Å². The van der Waals surface area contributed by atoms with Gasteiger partial charge in [0.15, 0.2) is 0 Å². The summed E-state index contributed by atoms with van der Waals surface area (Å²) in [6.45, 7) is 5.40. The van der Waals surface area contributed by atoms with Crippen molar-refractivity contribution in [2.24, 2.45) is 17.6 Å². The van der Waals surface area contributed by atoms with Crippen LogP contribution in [-0.2, 0) is 4.79 Å². The minimum atomic E-state index is 0.0761. The quantitative estimate of drug-likeness (QED) is 0.710. The molecular weight excluding hydrogens is 188 g/mol. The molecular formula is C12H22N2O. The molecule has 1 amide bonds. The van der Waals surface area contributed by atoms with Crippen molar-refractivity contribution in [1.82, 2.24) is 4.90 Å². The number of hydrogen-bond acceptors (Lipinski definition) is 2. The maximum Gasteiger partial charge on any atom is 0.224 e. The summed E-state index contributed by atoms with van der Waals surface area (Å²) >= 11 is 0. The van der Waals surface area contributed by atoms with Gasteiger partial charge in [0.2, 0.25) is 5.91 Å². The molecule has 0 aromatic heterocycles. The second-order valence-corrected chi connectivity index (χ2v) is 5.43. The minimum absolute atomic E-state index is 0.0761. The van der Waals surface area contributed by atoms with Crippen molar-refractivity contribution in [3.05, 3.63) is 0 Å². The SMILES string of the molecule is CC1CCC(N2CC(N)CC2=O)CC1C. The Morgan fingerprint density at radius 3 is 2.53 bits per heavy atom. The molecule has 0 bridgehead atoms. The monoisotopic (exact) mass is 210 g/mol. The van der Waals surface area contributed by atoms with Gasteiger partial charge < -0.3 is 10.6 Å². The van der Waals surface area contributed by atoms with Crippen LogP contribution in [0, 0.1) is 11.8 Å². The van der Waals surface area contributed by atoms with E-state index in [-0.39, 0.29) is 11.9 Å². The highest BCUT2D eigenvalue weighted by atomic mass is 16.2. The first kappa shape index (κ1) is 10.9. The van der Waals surface area contributed by atoms with Gasteiger partial charge >= 0.3 is 0 Å². The van der Waals surface area contributed by atoms with Gasteiger partial charge in [0.25, 0.3) is 0 Å². The van der Waals surface area contributed by atoms with Crippen molar-refractivity contribution in [1.29, 1.82) is 0 Å². The fourth-order valence-electron chi connectivity index (χ4n) is 2.92. The molecule has 1 aliphatic carbocycles. The van der Waals surface area contributed by atoms with Gasteiger partial charge in [-0.05, 0) is 31.1 Å². The molecule has 1 heterocycles. The predicted octanol–water partition coefficient (Wildman–Crippen LogP) is 1.37. The topological polar surface area (TPSA) is 46.3 Å². The largest absolute Gasteiger partial charge is 0.338 e. The summed E-state index contributed by atoms with van der Waals surface area (Å²) in [5.41, 5.74) is 5.82. The fraction of sp³-hybridized carbons (Fsp3) is 0.917. The molecule has 4 atom stereocenters. The third-order valence-corrected chi connectivity index (χ3v) is 4.20.